The number of urea groups is 1. The molecular formula is C21H24N2O5. The average molecular weight is 384 g/mol. The molecule has 0 spiro atoms. The molecular weight excluding hydrogens is 360 g/mol. The summed E-state index contributed by atoms with van der Waals surface area (Å²) >= 11 is 0. The van der Waals surface area contributed by atoms with E-state index >= 15 is 0 Å². The number of imide groups is 1. The highest BCUT2D eigenvalue weighted by atomic mass is 16.5. The highest BCUT2D eigenvalue weighted by Crippen LogP contribution is 2.22. The predicted octanol–water partition coefficient (Wildman–Crippen LogP) is 2.89. The van der Waals surface area contributed by atoms with Crippen molar-refractivity contribution in [3.63, 3.8) is 0 Å². The number of fused-ring (bicyclic) bond motifs is 1. The molecule has 0 atom stereocenters. The minimum Gasteiger partial charge on any atom is -0.497 e. The lowest BCUT2D eigenvalue weighted by Crippen LogP contribution is -2.42. The quantitative estimate of drug-likeness (QED) is 0.566. The average Bonchev–Trinajstić information content (AvgIpc) is 2.68. The smallest absolute Gasteiger partial charge is 0.331 e. The predicted molar refractivity (Wildman–Crippen MR) is 107 cm³/mol. The maximum absolute atomic E-state index is 11.8. The summed E-state index contributed by atoms with van der Waals surface area (Å²) in [6.45, 7) is 3.78. The molecule has 2 aromatic carbocycles. The van der Waals surface area contributed by atoms with E-state index in [9.17, 15) is 14.4 Å². The van der Waals surface area contributed by atoms with Crippen molar-refractivity contribution in [2.75, 3.05) is 20.3 Å². The molecule has 7 heteroatoms. The first-order valence-electron chi connectivity index (χ1n) is 8.87. The number of esters is 1. The summed E-state index contributed by atoms with van der Waals surface area (Å²) in [4.78, 5) is 34.8. The number of carbonyl (C=O) groups excluding carboxylic acids is 3. The Morgan fingerprint density at radius 1 is 1.07 bits per heavy atom. The Balaban J connectivity index is 1.83. The highest BCUT2D eigenvalue weighted by molar-refractivity contribution is 5.96. The molecule has 0 radical (unpaired) electrons. The van der Waals surface area contributed by atoms with Crippen LogP contribution in [0.25, 0.3) is 16.8 Å². The molecule has 2 rings (SSSR count). The van der Waals surface area contributed by atoms with E-state index in [1.807, 2.05) is 50.2 Å². The summed E-state index contributed by atoms with van der Waals surface area (Å²) in [7, 11) is 1.61. The van der Waals surface area contributed by atoms with E-state index < -0.39 is 24.5 Å². The van der Waals surface area contributed by atoms with Crippen LogP contribution >= 0.6 is 0 Å². The molecule has 0 heterocycles. The van der Waals surface area contributed by atoms with Crippen LogP contribution in [-0.2, 0) is 14.3 Å². The van der Waals surface area contributed by atoms with Crippen LogP contribution in [0.15, 0.2) is 42.5 Å². The van der Waals surface area contributed by atoms with Crippen molar-refractivity contribution < 1.29 is 23.9 Å². The molecule has 0 fully saturated rings. The maximum Gasteiger partial charge on any atom is 0.331 e. The van der Waals surface area contributed by atoms with E-state index in [0.717, 1.165) is 22.1 Å². The minimum absolute atomic E-state index is 0.265. The lowest BCUT2D eigenvalue weighted by Gasteiger charge is -2.08. The zero-order valence-corrected chi connectivity index (χ0v) is 16.2. The molecule has 0 aliphatic heterocycles. The SMILES string of the molecule is COc1ccc2cc(/C=C/C(=O)OCC(=O)NC(=O)NCC(C)C)ccc2c1. The second-order valence-electron chi connectivity index (χ2n) is 6.57. The third-order valence-corrected chi connectivity index (χ3v) is 3.75. The Morgan fingerprint density at radius 3 is 2.50 bits per heavy atom. The van der Waals surface area contributed by atoms with Gasteiger partial charge in [0.2, 0.25) is 0 Å². The normalized spacial score (nSPS) is 10.9. The summed E-state index contributed by atoms with van der Waals surface area (Å²) in [6.07, 6.45) is 2.83. The number of hydrogen-bond donors (Lipinski definition) is 2. The molecule has 0 aromatic heterocycles. The van der Waals surface area contributed by atoms with E-state index in [1.54, 1.807) is 13.2 Å². The van der Waals surface area contributed by atoms with Gasteiger partial charge in [-0.15, -0.1) is 0 Å². The minimum atomic E-state index is -0.692. The molecule has 3 amide bonds. The summed E-state index contributed by atoms with van der Waals surface area (Å²) in [5.74, 6) is -0.327. The Morgan fingerprint density at radius 2 is 1.79 bits per heavy atom. The van der Waals surface area contributed by atoms with Crippen LogP contribution in [0.2, 0.25) is 0 Å². The summed E-state index contributed by atoms with van der Waals surface area (Å²) in [6, 6.07) is 10.8. The van der Waals surface area contributed by atoms with Crippen LogP contribution in [0.3, 0.4) is 0 Å². The number of benzene rings is 2. The zero-order chi connectivity index (χ0) is 20.5. The number of rotatable bonds is 7. The van der Waals surface area contributed by atoms with E-state index in [0.29, 0.717) is 6.54 Å². The first-order chi connectivity index (χ1) is 13.4. The largest absolute Gasteiger partial charge is 0.497 e. The van der Waals surface area contributed by atoms with E-state index in [2.05, 4.69) is 10.6 Å². The second-order valence-corrected chi connectivity index (χ2v) is 6.57. The molecule has 148 valence electrons. The molecule has 0 unspecified atom stereocenters. The van der Waals surface area contributed by atoms with Crippen LogP contribution < -0.4 is 15.4 Å². The Kier molecular flexibility index (Phi) is 7.56. The molecule has 0 bridgehead atoms. The lowest BCUT2D eigenvalue weighted by atomic mass is 10.1. The van der Waals surface area contributed by atoms with Crippen LogP contribution in [0.4, 0.5) is 4.79 Å². The van der Waals surface area contributed by atoms with Crippen molar-refractivity contribution in [1.82, 2.24) is 10.6 Å². The number of hydrogen-bond acceptors (Lipinski definition) is 5. The van der Waals surface area contributed by atoms with Crippen LogP contribution in [0.5, 0.6) is 5.75 Å². The number of carbonyl (C=O) groups is 3. The number of methoxy groups -OCH3 is 1. The van der Waals surface area contributed by atoms with Crippen LogP contribution in [0, 0.1) is 5.92 Å². The third kappa shape index (κ3) is 6.75. The van der Waals surface area contributed by atoms with Gasteiger partial charge in [0.05, 0.1) is 7.11 Å². The van der Waals surface area contributed by atoms with Crippen molar-refractivity contribution in [3.05, 3.63) is 48.0 Å². The van der Waals surface area contributed by atoms with Gasteiger partial charge in [-0.1, -0.05) is 32.0 Å². The van der Waals surface area contributed by atoms with E-state index in [1.165, 1.54) is 6.08 Å². The topological polar surface area (TPSA) is 93.7 Å². The second kappa shape index (κ2) is 10.1. The van der Waals surface area contributed by atoms with Gasteiger partial charge >= 0.3 is 12.0 Å². The molecule has 0 saturated carbocycles. The van der Waals surface area contributed by atoms with Gasteiger partial charge in [-0.25, -0.2) is 9.59 Å². The van der Waals surface area contributed by atoms with E-state index in [-0.39, 0.29) is 5.92 Å². The first-order valence-corrected chi connectivity index (χ1v) is 8.87. The number of nitrogens with one attached hydrogen (secondary N) is 2. The van der Waals surface area contributed by atoms with Gasteiger partial charge in [0.1, 0.15) is 5.75 Å². The Bertz CT molecular complexity index is 889. The van der Waals surface area contributed by atoms with Gasteiger partial charge in [-0.3, -0.25) is 10.1 Å². The van der Waals surface area contributed by atoms with Gasteiger partial charge < -0.3 is 14.8 Å². The maximum atomic E-state index is 11.8. The highest BCUT2D eigenvalue weighted by Gasteiger charge is 2.09. The number of amides is 3. The summed E-state index contributed by atoms with van der Waals surface area (Å²) in [5, 5.41) is 6.65. The Hall–Kier alpha value is -3.35. The first kappa shape index (κ1) is 21.0. The molecule has 2 aromatic rings. The van der Waals surface area contributed by atoms with Gasteiger partial charge in [0, 0.05) is 12.6 Å². The van der Waals surface area contributed by atoms with Crippen molar-refractivity contribution in [2.45, 2.75) is 13.8 Å². The number of ether oxygens (including phenoxy) is 2. The van der Waals surface area contributed by atoms with Gasteiger partial charge in [0.15, 0.2) is 6.61 Å². The van der Waals surface area contributed by atoms with Gasteiger partial charge in [-0.2, -0.15) is 0 Å². The summed E-state index contributed by atoms with van der Waals surface area (Å²) < 4.78 is 10.0. The monoisotopic (exact) mass is 384 g/mol. The molecule has 28 heavy (non-hydrogen) atoms. The fraction of sp³-hybridized carbons (Fsp3) is 0.286. The fourth-order valence-corrected chi connectivity index (χ4v) is 2.33. The Labute approximate surface area is 163 Å². The molecule has 2 N–H and O–H groups in total. The standard InChI is InChI=1S/C21H24N2O5/c1-14(2)12-22-21(26)23-19(24)13-28-20(25)9-5-15-4-6-17-11-18(27-3)8-7-16(17)10-15/h4-11,14H,12-13H2,1-3H3,(H2,22,23,24,26)/b9-5+. The fourth-order valence-electron chi connectivity index (χ4n) is 2.33. The van der Waals surface area contributed by atoms with Crippen molar-refractivity contribution in [3.8, 4) is 5.75 Å². The molecule has 0 aliphatic carbocycles. The van der Waals surface area contributed by atoms with Gasteiger partial charge in [0.25, 0.3) is 5.91 Å². The van der Waals surface area contributed by atoms with Crippen LogP contribution in [-0.4, -0.2) is 38.2 Å². The van der Waals surface area contributed by atoms with Crippen molar-refractivity contribution in [1.29, 1.82) is 0 Å². The summed E-state index contributed by atoms with van der Waals surface area (Å²) in [5.41, 5.74) is 0.812. The third-order valence-electron chi connectivity index (χ3n) is 3.75. The van der Waals surface area contributed by atoms with Crippen LogP contribution in [0.1, 0.15) is 19.4 Å². The van der Waals surface area contributed by atoms with Crippen molar-refractivity contribution in [2.24, 2.45) is 5.92 Å². The lowest BCUT2D eigenvalue weighted by molar-refractivity contribution is -0.143. The molecule has 0 aliphatic rings. The van der Waals surface area contributed by atoms with Crippen molar-refractivity contribution >= 4 is 34.8 Å². The molecule has 0 saturated heterocycles. The zero-order valence-electron chi connectivity index (χ0n) is 16.2. The van der Waals surface area contributed by atoms with Gasteiger partial charge in [-0.05, 0) is 46.5 Å². The molecule has 7 nitrogen and oxygen atoms in total. The van der Waals surface area contributed by atoms with E-state index in [4.69, 9.17) is 9.47 Å².